The smallest absolute Gasteiger partial charge is 0.234 e. The number of hydrogen-bond acceptors (Lipinski definition) is 3. The van der Waals surface area contributed by atoms with E-state index in [1.807, 2.05) is 48.7 Å². The summed E-state index contributed by atoms with van der Waals surface area (Å²) >= 11 is 6.00. The summed E-state index contributed by atoms with van der Waals surface area (Å²) in [7, 11) is 0. The van der Waals surface area contributed by atoms with Crippen LogP contribution >= 0.6 is 11.6 Å². The predicted octanol–water partition coefficient (Wildman–Crippen LogP) is 3.47. The molecule has 162 valence electrons. The molecule has 6 nitrogen and oxygen atoms in total. The van der Waals surface area contributed by atoms with Gasteiger partial charge in [0, 0.05) is 34.4 Å². The van der Waals surface area contributed by atoms with Crippen LogP contribution in [0.15, 0.2) is 66.9 Å². The second-order valence-electron chi connectivity index (χ2n) is 8.70. The topological polar surface area (TPSA) is 74.4 Å². The molecule has 3 aliphatic heterocycles. The van der Waals surface area contributed by atoms with Gasteiger partial charge < -0.3 is 19.9 Å². The molecule has 4 atom stereocenters. The molecule has 2 saturated heterocycles. The monoisotopic (exact) mass is 447 g/mol. The first-order chi connectivity index (χ1) is 15.6. The summed E-state index contributed by atoms with van der Waals surface area (Å²) in [5.74, 6) is -1.23. The van der Waals surface area contributed by atoms with E-state index in [4.69, 9.17) is 16.3 Å². The zero-order valence-corrected chi connectivity index (χ0v) is 18.0. The van der Waals surface area contributed by atoms with E-state index in [-0.39, 0.29) is 17.9 Å². The van der Waals surface area contributed by atoms with Crippen molar-refractivity contribution in [2.75, 3.05) is 18.0 Å². The van der Waals surface area contributed by atoms with Crippen LogP contribution in [0.4, 0.5) is 5.69 Å². The molecular formula is C25H22ClN3O3. The molecule has 0 saturated carbocycles. The predicted molar refractivity (Wildman–Crippen MR) is 123 cm³/mol. The fourth-order valence-electron chi connectivity index (χ4n) is 5.41. The highest BCUT2D eigenvalue weighted by Crippen LogP contribution is 2.52. The number of benzene rings is 2. The summed E-state index contributed by atoms with van der Waals surface area (Å²) in [6.07, 6.45) is 6.24. The molecule has 0 unspecified atom stereocenters. The Morgan fingerprint density at radius 3 is 2.88 bits per heavy atom. The molecule has 4 heterocycles. The fourth-order valence-corrected chi connectivity index (χ4v) is 5.54. The van der Waals surface area contributed by atoms with Crippen LogP contribution in [0.3, 0.4) is 0 Å². The number of anilines is 1. The van der Waals surface area contributed by atoms with Crippen LogP contribution in [0.25, 0.3) is 10.9 Å². The van der Waals surface area contributed by atoms with Crippen molar-refractivity contribution in [1.82, 2.24) is 10.3 Å². The lowest BCUT2D eigenvalue weighted by Gasteiger charge is -2.23. The van der Waals surface area contributed by atoms with Gasteiger partial charge in [-0.05, 0) is 42.3 Å². The third kappa shape index (κ3) is 2.90. The summed E-state index contributed by atoms with van der Waals surface area (Å²) in [4.78, 5) is 31.5. The van der Waals surface area contributed by atoms with Crippen molar-refractivity contribution in [2.45, 2.75) is 18.1 Å². The van der Waals surface area contributed by atoms with E-state index in [0.29, 0.717) is 24.5 Å². The molecule has 7 heteroatoms. The molecule has 3 aliphatic rings. The normalized spacial score (nSPS) is 28.0. The maximum atomic E-state index is 13.4. The molecule has 1 aromatic heterocycles. The number of hydrogen-bond donors (Lipinski definition) is 2. The van der Waals surface area contributed by atoms with Crippen molar-refractivity contribution >= 4 is 40.0 Å². The third-order valence-corrected chi connectivity index (χ3v) is 7.16. The number of para-hydroxylation sites is 1. The first kappa shape index (κ1) is 19.6. The number of carbonyl (C=O) groups excluding carboxylic acids is 2. The second kappa shape index (κ2) is 7.22. The van der Waals surface area contributed by atoms with Crippen LogP contribution in [0.1, 0.15) is 5.56 Å². The summed E-state index contributed by atoms with van der Waals surface area (Å²) in [6, 6.07) is 15.3. The molecule has 2 amide bonds. The van der Waals surface area contributed by atoms with Gasteiger partial charge >= 0.3 is 0 Å². The van der Waals surface area contributed by atoms with E-state index in [2.05, 4.69) is 16.4 Å². The average Bonchev–Trinajstić information content (AvgIpc) is 3.54. The van der Waals surface area contributed by atoms with Crippen molar-refractivity contribution in [3.63, 3.8) is 0 Å². The Hall–Kier alpha value is -3.09. The second-order valence-corrected chi connectivity index (χ2v) is 9.14. The molecular weight excluding hydrogens is 426 g/mol. The molecule has 1 spiro atoms. The van der Waals surface area contributed by atoms with E-state index < -0.39 is 17.4 Å². The first-order valence-corrected chi connectivity index (χ1v) is 11.2. The minimum Gasteiger partial charge on any atom is -0.361 e. The number of nitrogens with one attached hydrogen (secondary N) is 2. The Morgan fingerprint density at radius 2 is 2.03 bits per heavy atom. The van der Waals surface area contributed by atoms with E-state index >= 15 is 0 Å². The number of nitrogens with zero attached hydrogens (tertiary/aromatic N) is 1. The molecule has 2 N–H and O–H groups in total. The lowest BCUT2D eigenvalue weighted by molar-refractivity contribution is -0.131. The van der Waals surface area contributed by atoms with Crippen molar-refractivity contribution in [3.05, 3.63) is 77.5 Å². The highest BCUT2D eigenvalue weighted by Gasteiger charge is 2.67. The number of halogens is 1. The van der Waals surface area contributed by atoms with Gasteiger partial charge in [0.1, 0.15) is 5.60 Å². The standard InChI is InChI=1S/C25H22ClN3O3/c26-16-5-7-17(8-6-16)29-14-25-11-9-20(32-25)21(22(25)24(29)31)23(30)27-12-10-15-13-28-19-4-2-1-3-18(15)19/h1-9,11,13,20-22,28H,10,12,14H2,(H,27,30)/t20-,21-,22-,25+/m1/s1. The Kier molecular flexibility index (Phi) is 4.42. The van der Waals surface area contributed by atoms with Crippen molar-refractivity contribution < 1.29 is 14.3 Å². The third-order valence-electron chi connectivity index (χ3n) is 6.91. The van der Waals surface area contributed by atoms with Crippen LogP contribution < -0.4 is 10.2 Å². The molecule has 2 aromatic carbocycles. The van der Waals surface area contributed by atoms with Gasteiger partial charge in [0.15, 0.2) is 0 Å². The number of aromatic amines is 1. The number of ether oxygens (including phenoxy) is 1. The number of aromatic nitrogens is 1. The molecule has 2 bridgehead atoms. The fraction of sp³-hybridized carbons (Fsp3) is 0.280. The van der Waals surface area contributed by atoms with E-state index in [1.54, 1.807) is 17.0 Å². The van der Waals surface area contributed by atoms with Gasteiger partial charge in [-0.25, -0.2) is 0 Å². The van der Waals surface area contributed by atoms with Gasteiger partial charge in [-0.1, -0.05) is 42.0 Å². The summed E-state index contributed by atoms with van der Waals surface area (Å²) < 4.78 is 6.21. The van der Waals surface area contributed by atoms with Crippen LogP contribution in [0.2, 0.25) is 5.02 Å². The van der Waals surface area contributed by atoms with E-state index in [0.717, 1.165) is 22.2 Å². The SMILES string of the molecule is O=C(NCCc1c[nH]c2ccccc12)[C@@H]1[C@H]2C=C[C@@]3(CN(c4ccc(Cl)cc4)C(=O)[C@@H]13)O2. The highest BCUT2D eigenvalue weighted by molar-refractivity contribution is 6.30. The van der Waals surface area contributed by atoms with Crippen LogP contribution in [-0.4, -0.2) is 41.6 Å². The number of rotatable bonds is 5. The van der Waals surface area contributed by atoms with E-state index in [1.165, 1.54) is 0 Å². The van der Waals surface area contributed by atoms with Crippen molar-refractivity contribution in [1.29, 1.82) is 0 Å². The van der Waals surface area contributed by atoms with Crippen molar-refractivity contribution in [3.8, 4) is 0 Å². The molecule has 32 heavy (non-hydrogen) atoms. The molecule has 3 aromatic rings. The minimum absolute atomic E-state index is 0.0732. The Balaban J connectivity index is 1.18. The quantitative estimate of drug-likeness (QED) is 0.588. The number of carbonyl (C=O) groups is 2. The minimum atomic E-state index is -0.736. The van der Waals surface area contributed by atoms with Gasteiger partial charge in [0.2, 0.25) is 11.8 Å². The Bertz CT molecular complexity index is 1250. The number of fused-ring (bicyclic) bond motifs is 2. The summed E-state index contributed by atoms with van der Waals surface area (Å²) in [5.41, 5.74) is 2.27. The van der Waals surface area contributed by atoms with Gasteiger partial charge in [-0.2, -0.15) is 0 Å². The van der Waals surface area contributed by atoms with E-state index in [9.17, 15) is 9.59 Å². The Labute approximate surface area is 190 Å². The van der Waals surface area contributed by atoms with Crippen LogP contribution in [-0.2, 0) is 20.7 Å². The number of H-pyrrole nitrogens is 1. The van der Waals surface area contributed by atoms with Gasteiger partial charge in [0.05, 0.1) is 24.5 Å². The maximum absolute atomic E-state index is 13.4. The average molecular weight is 448 g/mol. The lowest BCUT2D eigenvalue weighted by atomic mass is 9.77. The summed E-state index contributed by atoms with van der Waals surface area (Å²) in [5, 5.41) is 4.83. The zero-order valence-electron chi connectivity index (χ0n) is 17.3. The lowest BCUT2D eigenvalue weighted by Crippen LogP contribution is -2.44. The van der Waals surface area contributed by atoms with Gasteiger partial charge in [-0.3, -0.25) is 9.59 Å². The first-order valence-electron chi connectivity index (χ1n) is 10.8. The maximum Gasteiger partial charge on any atom is 0.234 e. The zero-order chi connectivity index (χ0) is 21.9. The van der Waals surface area contributed by atoms with Crippen LogP contribution in [0, 0.1) is 11.8 Å². The largest absolute Gasteiger partial charge is 0.361 e. The number of amides is 2. The van der Waals surface area contributed by atoms with Crippen LogP contribution in [0.5, 0.6) is 0 Å². The molecule has 0 radical (unpaired) electrons. The van der Waals surface area contributed by atoms with Crippen molar-refractivity contribution in [2.24, 2.45) is 11.8 Å². The summed E-state index contributed by atoms with van der Waals surface area (Å²) in [6.45, 7) is 0.909. The highest BCUT2D eigenvalue weighted by atomic mass is 35.5. The molecule has 2 fully saturated rings. The Morgan fingerprint density at radius 1 is 1.22 bits per heavy atom. The van der Waals surface area contributed by atoms with Gasteiger partial charge in [0.25, 0.3) is 0 Å². The molecule has 6 rings (SSSR count). The van der Waals surface area contributed by atoms with Gasteiger partial charge in [-0.15, -0.1) is 0 Å². The molecule has 0 aliphatic carbocycles.